The van der Waals surface area contributed by atoms with Crippen LogP contribution in [0.4, 0.5) is 11.4 Å². The van der Waals surface area contributed by atoms with Crippen LogP contribution in [0.1, 0.15) is 144 Å². The number of hydrogen-bond acceptors (Lipinski definition) is 4. The van der Waals surface area contributed by atoms with Crippen molar-refractivity contribution in [3.8, 4) is 0 Å². The Balaban J connectivity index is 1.28. The Morgan fingerprint density at radius 3 is 1.24 bits per heavy atom. The van der Waals surface area contributed by atoms with E-state index in [9.17, 15) is 19.5 Å². The van der Waals surface area contributed by atoms with E-state index < -0.39 is 6.23 Å². The summed E-state index contributed by atoms with van der Waals surface area (Å²) < 4.78 is 0. The maximum absolute atomic E-state index is 14.7. The van der Waals surface area contributed by atoms with Gasteiger partial charge in [-0.15, -0.1) is 0 Å². The second-order valence-electron chi connectivity index (χ2n) is 16.4. The molecule has 270 valence electrons. The number of aliphatic hydroxyl groups excluding tert-OH is 1. The number of para-hydroxylation sites is 2. The Morgan fingerprint density at radius 2 is 0.815 bits per heavy atom. The van der Waals surface area contributed by atoms with Crippen LogP contribution in [0.25, 0.3) is 43.1 Å². The van der Waals surface area contributed by atoms with Crippen molar-refractivity contribution in [3.05, 3.63) is 129 Å². The summed E-state index contributed by atoms with van der Waals surface area (Å²) in [6, 6.07) is 27.7. The number of benzene rings is 7. The zero-order valence-electron chi connectivity index (χ0n) is 32.0. The fourth-order valence-electron chi connectivity index (χ4n) is 9.37. The number of fused-ring (bicyclic) bond motifs is 2. The molecular weight excluding hydrogens is 669 g/mol. The first-order valence-corrected chi connectivity index (χ1v) is 19.2. The van der Waals surface area contributed by atoms with Crippen molar-refractivity contribution < 1.29 is 19.5 Å². The van der Waals surface area contributed by atoms with Crippen LogP contribution in [0.2, 0.25) is 0 Å². The molecule has 54 heavy (non-hydrogen) atoms. The van der Waals surface area contributed by atoms with Crippen LogP contribution in [-0.4, -0.2) is 22.8 Å². The molecule has 2 aliphatic heterocycles. The Bertz CT molecular complexity index is 2650. The standard InChI is InChI=1S/C48H44N2O4/c1-23(2)27-11-9-12-28(24(3)4)43(27)49-45(51)35-19-15-31-33-17-21-37-42-38(22-18-34(40(33)42)32-16-20-36(46(49)52)41(35)39(31)32)48(54)50(47(37)53)44-29(25(5)6)13-10-14-30(44)26(7)8/h9-26,45,51H,1-8H3. The fourth-order valence-corrected chi connectivity index (χ4v) is 9.37. The minimum absolute atomic E-state index is 0.106. The van der Waals surface area contributed by atoms with Gasteiger partial charge in [-0.05, 0) is 96.4 Å². The molecule has 0 aliphatic carbocycles. The molecule has 7 aromatic rings. The molecular formula is C48H44N2O4. The third-order valence-corrected chi connectivity index (χ3v) is 11.9. The van der Waals surface area contributed by atoms with Gasteiger partial charge in [-0.2, -0.15) is 0 Å². The van der Waals surface area contributed by atoms with Crippen LogP contribution in [0, 0.1) is 0 Å². The average molecular weight is 713 g/mol. The first kappa shape index (κ1) is 34.2. The number of nitrogens with zero attached hydrogens (tertiary/aromatic N) is 2. The molecule has 0 fully saturated rings. The summed E-state index contributed by atoms with van der Waals surface area (Å²) in [5, 5.41) is 19.0. The summed E-state index contributed by atoms with van der Waals surface area (Å²) >= 11 is 0. The molecule has 0 spiro atoms. The minimum atomic E-state index is -1.19. The molecule has 9 rings (SSSR count). The predicted octanol–water partition coefficient (Wildman–Crippen LogP) is 11.7. The fraction of sp³-hybridized carbons (Fsp3) is 0.271. The zero-order valence-corrected chi connectivity index (χ0v) is 32.0. The van der Waals surface area contributed by atoms with Crippen LogP contribution < -0.4 is 9.80 Å². The number of hydrogen-bond donors (Lipinski definition) is 1. The quantitative estimate of drug-likeness (QED) is 0.106. The lowest BCUT2D eigenvalue weighted by atomic mass is 9.81. The van der Waals surface area contributed by atoms with Gasteiger partial charge >= 0.3 is 0 Å². The van der Waals surface area contributed by atoms with Crippen LogP contribution in [0.5, 0.6) is 0 Å². The Morgan fingerprint density at radius 1 is 0.444 bits per heavy atom. The number of aliphatic hydroxyl groups is 1. The van der Waals surface area contributed by atoms with Gasteiger partial charge in [0.15, 0.2) is 6.23 Å². The van der Waals surface area contributed by atoms with Gasteiger partial charge in [-0.1, -0.05) is 122 Å². The van der Waals surface area contributed by atoms with Gasteiger partial charge in [0.05, 0.1) is 11.4 Å². The average Bonchev–Trinajstić information content (AvgIpc) is 3.15. The summed E-state index contributed by atoms with van der Waals surface area (Å²) in [4.78, 5) is 47.0. The summed E-state index contributed by atoms with van der Waals surface area (Å²) in [5.74, 6) is -0.381. The van der Waals surface area contributed by atoms with Gasteiger partial charge in [0.25, 0.3) is 17.7 Å². The number of anilines is 2. The molecule has 6 heteroatoms. The molecule has 7 aromatic carbocycles. The summed E-state index contributed by atoms with van der Waals surface area (Å²) in [7, 11) is 0. The number of imide groups is 1. The molecule has 0 aromatic heterocycles. The highest BCUT2D eigenvalue weighted by molar-refractivity contribution is 6.43. The van der Waals surface area contributed by atoms with Crippen LogP contribution in [0.15, 0.2) is 84.9 Å². The van der Waals surface area contributed by atoms with E-state index in [1.807, 2.05) is 72.8 Å². The van der Waals surface area contributed by atoms with Crippen molar-refractivity contribution in [2.24, 2.45) is 0 Å². The van der Waals surface area contributed by atoms with E-state index in [2.05, 4.69) is 67.5 Å². The highest BCUT2D eigenvalue weighted by atomic mass is 16.3. The highest BCUT2D eigenvalue weighted by Gasteiger charge is 2.40. The van der Waals surface area contributed by atoms with Crippen molar-refractivity contribution in [2.45, 2.75) is 85.3 Å². The molecule has 1 unspecified atom stereocenters. The second kappa shape index (κ2) is 12.0. The van der Waals surface area contributed by atoms with Gasteiger partial charge in [0.1, 0.15) is 0 Å². The third-order valence-electron chi connectivity index (χ3n) is 11.9. The molecule has 0 radical (unpaired) electrons. The van der Waals surface area contributed by atoms with Crippen molar-refractivity contribution >= 4 is 72.2 Å². The lowest BCUT2D eigenvalue weighted by Crippen LogP contribution is -2.41. The SMILES string of the molecule is CC(C)c1cccc(C(C)C)c1N1C(=O)c2ccc3c4ccc5c6c(ccc(c7ccc(c2c37)C1=O)c64)C(O)N(c1c(C(C)C)cccc1C(C)C)C5=O. The van der Waals surface area contributed by atoms with Crippen molar-refractivity contribution in [1.82, 2.24) is 0 Å². The molecule has 0 bridgehead atoms. The first-order chi connectivity index (χ1) is 25.8. The summed E-state index contributed by atoms with van der Waals surface area (Å²) in [6.07, 6.45) is -1.19. The lowest BCUT2D eigenvalue weighted by molar-refractivity contribution is 0.0870. The lowest BCUT2D eigenvalue weighted by Gasteiger charge is -2.38. The number of carbonyl (C=O) groups is 3. The molecule has 2 aliphatic rings. The maximum atomic E-state index is 14.7. The van der Waals surface area contributed by atoms with E-state index in [0.29, 0.717) is 33.3 Å². The highest BCUT2D eigenvalue weighted by Crippen LogP contribution is 2.50. The Labute approximate surface area is 315 Å². The van der Waals surface area contributed by atoms with E-state index in [1.54, 1.807) is 4.90 Å². The molecule has 2 heterocycles. The first-order valence-electron chi connectivity index (χ1n) is 19.2. The van der Waals surface area contributed by atoms with Gasteiger partial charge in [0, 0.05) is 33.0 Å². The Hall–Kier alpha value is -5.59. The minimum Gasteiger partial charge on any atom is -0.369 e. The van der Waals surface area contributed by atoms with E-state index >= 15 is 0 Å². The number of carbonyl (C=O) groups excluding carboxylic acids is 3. The molecule has 1 atom stereocenters. The molecule has 6 nitrogen and oxygen atoms in total. The third kappa shape index (κ3) is 4.46. The molecule has 3 amide bonds. The van der Waals surface area contributed by atoms with Gasteiger partial charge in [-0.25, -0.2) is 4.90 Å². The van der Waals surface area contributed by atoms with Gasteiger partial charge in [-0.3, -0.25) is 19.3 Å². The molecule has 1 N–H and O–H groups in total. The largest absolute Gasteiger partial charge is 0.369 e. The van der Waals surface area contributed by atoms with E-state index in [0.717, 1.165) is 65.6 Å². The van der Waals surface area contributed by atoms with Crippen LogP contribution >= 0.6 is 0 Å². The van der Waals surface area contributed by atoms with Crippen LogP contribution in [-0.2, 0) is 0 Å². The summed E-state index contributed by atoms with van der Waals surface area (Å²) in [6.45, 7) is 16.8. The van der Waals surface area contributed by atoms with Crippen molar-refractivity contribution in [3.63, 3.8) is 0 Å². The number of amides is 3. The zero-order chi connectivity index (χ0) is 38.1. The second-order valence-corrected chi connectivity index (χ2v) is 16.4. The van der Waals surface area contributed by atoms with E-state index in [1.165, 1.54) is 4.90 Å². The maximum Gasteiger partial charge on any atom is 0.266 e. The van der Waals surface area contributed by atoms with Crippen molar-refractivity contribution in [2.75, 3.05) is 9.80 Å². The molecule has 0 saturated heterocycles. The number of rotatable bonds is 6. The normalized spacial score (nSPS) is 16.0. The van der Waals surface area contributed by atoms with Gasteiger partial charge < -0.3 is 5.11 Å². The monoisotopic (exact) mass is 712 g/mol. The van der Waals surface area contributed by atoms with Crippen molar-refractivity contribution in [1.29, 1.82) is 0 Å². The van der Waals surface area contributed by atoms with E-state index in [4.69, 9.17) is 0 Å². The topological polar surface area (TPSA) is 77.9 Å². The van der Waals surface area contributed by atoms with Gasteiger partial charge in [0.2, 0.25) is 0 Å². The smallest absolute Gasteiger partial charge is 0.266 e. The summed E-state index contributed by atoms with van der Waals surface area (Å²) in [5.41, 5.74) is 7.67. The molecule has 0 saturated carbocycles. The van der Waals surface area contributed by atoms with E-state index in [-0.39, 0.29) is 41.4 Å². The Kier molecular flexibility index (Phi) is 7.57. The predicted molar refractivity (Wildman–Crippen MR) is 220 cm³/mol. The van der Waals surface area contributed by atoms with Crippen LogP contribution in [0.3, 0.4) is 0 Å².